The summed E-state index contributed by atoms with van der Waals surface area (Å²) < 4.78 is 0. The van der Waals surface area contributed by atoms with Gasteiger partial charge in [-0.25, -0.2) is 4.79 Å². The fourth-order valence-electron chi connectivity index (χ4n) is 0.986. The van der Waals surface area contributed by atoms with E-state index in [1.165, 1.54) is 0 Å². The van der Waals surface area contributed by atoms with E-state index in [1.807, 2.05) is 6.92 Å². The number of rotatable bonds is 7. The molecule has 0 saturated heterocycles. The summed E-state index contributed by atoms with van der Waals surface area (Å²) in [5.41, 5.74) is 5.43. The lowest BCUT2D eigenvalue weighted by Crippen LogP contribution is -2.23. The van der Waals surface area contributed by atoms with Crippen molar-refractivity contribution in [1.29, 1.82) is 0 Å². The minimum absolute atomic E-state index is 0.377. The number of hydrogen-bond donors (Lipinski definition) is 3. The van der Waals surface area contributed by atoms with Crippen molar-refractivity contribution in [3.63, 3.8) is 0 Å². The zero-order chi connectivity index (χ0) is 11.7. The molecule has 0 radical (unpaired) electrons. The second-order valence-electron chi connectivity index (χ2n) is 3.45. The van der Waals surface area contributed by atoms with E-state index >= 15 is 0 Å². The molecule has 0 aromatic carbocycles. The largest absolute Gasteiger partial charge is 0.478 e. The molecule has 1 unspecified atom stereocenters. The lowest BCUT2D eigenvalue weighted by molar-refractivity contribution is -0.131. The van der Waals surface area contributed by atoms with Crippen LogP contribution in [0.1, 0.15) is 19.8 Å². The fraction of sp³-hybridized carbons (Fsp3) is 0.600. The highest BCUT2D eigenvalue weighted by atomic mass is 16.4. The summed E-state index contributed by atoms with van der Waals surface area (Å²) in [4.78, 5) is 21.1. The van der Waals surface area contributed by atoms with Gasteiger partial charge in [-0.15, -0.1) is 0 Å². The SMILES string of the molecule is CC(CN)CCCNC(=O)C=CC(=O)O. The topological polar surface area (TPSA) is 92.4 Å². The highest BCUT2D eigenvalue weighted by molar-refractivity contribution is 5.93. The van der Waals surface area contributed by atoms with Crippen LogP contribution in [-0.4, -0.2) is 30.1 Å². The molecule has 0 spiro atoms. The van der Waals surface area contributed by atoms with Crippen LogP contribution < -0.4 is 11.1 Å². The number of carboxylic acid groups (broad SMARTS) is 1. The number of nitrogens with two attached hydrogens (primary N) is 1. The number of carbonyl (C=O) groups is 2. The van der Waals surface area contributed by atoms with Crippen LogP contribution in [0.4, 0.5) is 0 Å². The van der Waals surface area contributed by atoms with E-state index in [9.17, 15) is 9.59 Å². The summed E-state index contributed by atoms with van der Waals surface area (Å²) in [6, 6.07) is 0. The molecular weight excluding hydrogens is 196 g/mol. The smallest absolute Gasteiger partial charge is 0.328 e. The van der Waals surface area contributed by atoms with Crippen molar-refractivity contribution < 1.29 is 14.7 Å². The summed E-state index contributed by atoms with van der Waals surface area (Å²) in [7, 11) is 0. The third-order valence-corrected chi connectivity index (χ3v) is 1.95. The van der Waals surface area contributed by atoms with Crippen LogP contribution in [0.5, 0.6) is 0 Å². The van der Waals surface area contributed by atoms with Crippen molar-refractivity contribution >= 4 is 11.9 Å². The summed E-state index contributed by atoms with van der Waals surface area (Å²) in [6.07, 6.45) is 3.64. The van der Waals surface area contributed by atoms with Crippen LogP contribution in [0.2, 0.25) is 0 Å². The molecule has 0 bridgehead atoms. The normalized spacial score (nSPS) is 12.7. The van der Waals surface area contributed by atoms with Gasteiger partial charge in [0.2, 0.25) is 5.91 Å². The Balaban J connectivity index is 3.51. The molecule has 0 heterocycles. The molecule has 5 nitrogen and oxygen atoms in total. The predicted molar refractivity (Wildman–Crippen MR) is 57.2 cm³/mol. The molecule has 86 valence electrons. The van der Waals surface area contributed by atoms with Crippen molar-refractivity contribution in [1.82, 2.24) is 5.32 Å². The maximum Gasteiger partial charge on any atom is 0.328 e. The Morgan fingerprint density at radius 2 is 2.13 bits per heavy atom. The van der Waals surface area contributed by atoms with E-state index < -0.39 is 5.97 Å². The highest BCUT2D eigenvalue weighted by Gasteiger charge is 1.99. The number of hydrogen-bond acceptors (Lipinski definition) is 3. The molecule has 0 aromatic rings. The van der Waals surface area contributed by atoms with E-state index in [1.54, 1.807) is 0 Å². The number of carboxylic acids is 1. The zero-order valence-electron chi connectivity index (χ0n) is 8.90. The molecular formula is C10H18N2O3. The van der Waals surface area contributed by atoms with Crippen molar-refractivity contribution in [2.24, 2.45) is 11.7 Å². The number of amides is 1. The third kappa shape index (κ3) is 8.96. The van der Waals surface area contributed by atoms with Crippen LogP contribution in [0.15, 0.2) is 12.2 Å². The molecule has 0 aliphatic carbocycles. The van der Waals surface area contributed by atoms with Crippen LogP contribution in [-0.2, 0) is 9.59 Å². The molecule has 5 heteroatoms. The minimum atomic E-state index is -1.12. The quantitative estimate of drug-likeness (QED) is 0.414. The molecule has 4 N–H and O–H groups in total. The molecule has 0 rings (SSSR count). The second kappa shape index (κ2) is 7.99. The van der Waals surface area contributed by atoms with Crippen molar-refractivity contribution in [2.45, 2.75) is 19.8 Å². The standard InChI is InChI=1S/C10H18N2O3/c1-8(7-11)3-2-6-12-9(13)4-5-10(14)15/h4-5,8H,2-3,6-7,11H2,1H3,(H,12,13)(H,14,15). The third-order valence-electron chi connectivity index (χ3n) is 1.95. The summed E-state index contributed by atoms with van der Waals surface area (Å²) in [5, 5.41) is 10.8. The van der Waals surface area contributed by atoms with Crippen LogP contribution >= 0.6 is 0 Å². The number of aliphatic carboxylic acids is 1. The molecule has 0 fully saturated rings. The first kappa shape index (κ1) is 13.6. The molecule has 0 saturated carbocycles. The average Bonchev–Trinajstić information content (AvgIpc) is 2.21. The van der Waals surface area contributed by atoms with Crippen molar-refractivity contribution in [3.8, 4) is 0 Å². The van der Waals surface area contributed by atoms with Crippen LogP contribution in [0.25, 0.3) is 0 Å². The van der Waals surface area contributed by atoms with Gasteiger partial charge in [-0.1, -0.05) is 6.92 Å². The molecule has 0 aliphatic heterocycles. The van der Waals surface area contributed by atoms with E-state index in [0.717, 1.165) is 25.0 Å². The first-order valence-electron chi connectivity index (χ1n) is 4.95. The molecule has 1 amide bonds. The Morgan fingerprint density at radius 1 is 1.47 bits per heavy atom. The first-order valence-corrected chi connectivity index (χ1v) is 4.95. The van der Waals surface area contributed by atoms with E-state index in [-0.39, 0.29) is 5.91 Å². The van der Waals surface area contributed by atoms with Gasteiger partial charge in [0, 0.05) is 18.7 Å². The summed E-state index contributed by atoms with van der Waals surface area (Å²) >= 11 is 0. The Morgan fingerprint density at radius 3 is 2.67 bits per heavy atom. The zero-order valence-corrected chi connectivity index (χ0v) is 8.90. The van der Waals surface area contributed by atoms with Gasteiger partial charge >= 0.3 is 5.97 Å². The maximum atomic E-state index is 11.0. The lowest BCUT2D eigenvalue weighted by atomic mass is 10.1. The van der Waals surface area contributed by atoms with E-state index in [2.05, 4.69) is 5.32 Å². The highest BCUT2D eigenvalue weighted by Crippen LogP contribution is 2.01. The number of nitrogens with one attached hydrogen (secondary N) is 1. The lowest BCUT2D eigenvalue weighted by Gasteiger charge is -2.07. The van der Waals surface area contributed by atoms with Crippen LogP contribution in [0, 0.1) is 5.92 Å². The van der Waals surface area contributed by atoms with E-state index in [4.69, 9.17) is 10.8 Å². The van der Waals surface area contributed by atoms with E-state index in [0.29, 0.717) is 19.0 Å². The Hall–Kier alpha value is -1.36. The maximum absolute atomic E-state index is 11.0. The Labute approximate surface area is 89.3 Å². The minimum Gasteiger partial charge on any atom is -0.478 e. The van der Waals surface area contributed by atoms with Gasteiger partial charge in [0.15, 0.2) is 0 Å². The van der Waals surface area contributed by atoms with Crippen molar-refractivity contribution in [3.05, 3.63) is 12.2 Å². The monoisotopic (exact) mass is 214 g/mol. The van der Waals surface area contributed by atoms with Gasteiger partial charge in [-0.2, -0.15) is 0 Å². The predicted octanol–water partition coefficient (Wildman–Crippen LogP) is 0.118. The Kier molecular flexibility index (Phi) is 7.27. The van der Waals surface area contributed by atoms with Gasteiger partial charge in [-0.3, -0.25) is 4.79 Å². The summed E-state index contributed by atoms with van der Waals surface area (Å²) in [6.45, 7) is 3.24. The van der Waals surface area contributed by atoms with Gasteiger partial charge in [0.25, 0.3) is 0 Å². The van der Waals surface area contributed by atoms with Gasteiger partial charge in [-0.05, 0) is 25.3 Å². The number of carbonyl (C=O) groups excluding carboxylic acids is 1. The first-order chi connectivity index (χ1) is 7.06. The van der Waals surface area contributed by atoms with Crippen molar-refractivity contribution in [2.75, 3.05) is 13.1 Å². The van der Waals surface area contributed by atoms with Gasteiger partial charge < -0.3 is 16.2 Å². The molecule has 0 aromatic heterocycles. The average molecular weight is 214 g/mol. The fourth-order valence-corrected chi connectivity index (χ4v) is 0.986. The van der Waals surface area contributed by atoms with Crippen LogP contribution in [0.3, 0.4) is 0 Å². The molecule has 15 heavy (non-hydrogen) atoms. The second-order valence-corrected chi connectivity index (χ2v) is 3.45. The molecule has 0 aliphatic rings. The Bertz CT molecular complexity index is 239. The molecule has 1 atom stereocenters. The van der Waals surface area contributed by atoms with Gasteiger partial charge in [0.1, 0.15) is 0 Å². The summed E-state index contributed by atoms with van der Waals surface area (Å²) in [5.74, 6) is -1.05. The van der Waals surface area contributed by atoms with Gasteiger partial charge in [0.05, 0.1) is 0 Å².